The normalized spacial score (nSPS) is 10.3. The molecule has 0 fully saturated rings. The molecule has 0 saturated heterocycles. The minimum atomic E-state index is -1.08. The fourth-order valence-electron chi connectivity index (χ4n) is 2.23. The Morgan fingerprint density at radius 2 is 1.85 bits per heavy atom. The molecule has 2 N–H and O–H groups in total. The van der Waals surface area contributed by atoms with E-state index in [-0.39, 0.29) is 5.56 Å². The highest BCUT2D eigenvalue weighted by molar-refractivity contribution is 6.04. The van der Waals surface area contributed by atoms with Crippen LogP contribution in [-0.4, -0.2) is 18.0 Å². The molecule has 26 heavy (non-hydrogen) atoms. The number of benzene rings is 2. The first-order valence-corrected chi connectivity index (χ1v) is 7.69. The highest BCUT2D eigenvalue weighted by Gasteiger charge is 2.10. The van der Waals surface area contributed by atoms with E-state index in [2.05, 4.69) is 15.6 Å². The Bertz CT molecular complexity index is 930. The molecule has 132 valence electrons. The van der Waals surface area contributed by atoms with Crippen LogP contribution in [0.1, 0.15) is 10.4 Å². The molecule has 7 heteroatoms. The molecule has 0 aliphatic rings. The average molecular weight is 355 g/mol. The van der Waals surface area contributed by atoms with Gasteiger partial charge in [-0.1, -0.05) is 6.07 Å². The molecule has 0 aliphatic heterocycles. The highest BCUT2D eigenvalue weighted by Crippen LogP contribution is 2.21. The maximum absolute atomic E-state index is 13.2. The van der Waals surface area contributed by atoms with Crippen LogP contribution in [0.15, 0.2) is 60.8 Å². The van der Waals surface area contributed by atoms with Gasteiger partial charge in [-0.15, -0.1) is 0 Å². The number of pyridine rings is 1. The van der Waals surface area contributed by atoms with E-state index in [1.807, 2.05) is 24.3 Å². The number of carbonyl (C=O) groups is 1. The summed E-state index contributed by atoms with van der Waals surface area (Å²) in [5.41, 5.74) is 1.24. The standard InChI is InChI=1S/C19H15F2N3O2/c1-26-15-4-2-3-13(10-15)23-18-8-6-14(11-22-18)24-19(25)12-5-7-16(20)17(21)9-12/h2-11H,1H3,(H,22,23)(H,24,25). The van der Waals surface area contributed by atoms with Gasteiger partial charge < -0.3 is 15.4 Å². The van der Waals surface area contributed by atoms with Gasteiger partial charge in [0.1, 0.15) is 11.6 Å². The number of aromatic nitrogens is 1. The van der Waals surface area contributed by atoms with Gasteiger partial charge in [-0.3, -0.25) is 4.79 Å². The zero-order valence-electron chi connectivity index (χ0n) is 13.8. The molecule has 5 nitrogen and oxygen atoms in total. The summed E-state index contributed by atoms with van der Waals surface area (Å²) in [7, 11) is 1.59. The van der Waals surface area contributed by atoms with Crippen LogP contribution in [0.25, 0.3) is 0 Å². The highest BCUT2D eigenvalue weighted by atomic mass is 19.2. The Labute approximate surface area is 148 Å². The first-order chi connectivity index (χ1) is 12.5. The number of carbonyl (C=O) groups excluding carboxylic acids is 1. The lowest BCUT2D eigenvalue weighted by Gasteiger charge is -2.09. The van der Waals surface area contributed by atoms with Crippen molar-refractivity contribution in [1.29, 1.82) is 0 Å². The van der Waals surface area contributed by atoms with E-state index in [1.165, 1.54) is 12.3 Å². The van der Waals surface area contributed by atoms with Crippen LogP contribution in [0.5, 0.6) is 5.75 Å². The van der Waals surface area contributed by atoms with Crippen molar-refractivity contribution in [2.24, 2.45) is 0 Å². The second-order valence-corrected chi connectivity index (χ2v) is 5.37. The van der Waals surface area contributed by atoms with Crippen molar-refractivity contribution >= 4 is 23.1 Å². The van der Waals surface area contributed by atoms with Crippen molar-refractivity contribution in [2.75, 3.05) is 17.7 Å². The average Bonchev–Trinajstić information content (AvgIpc) is 2.65. The Hall–Kier alpha value is -3.48. The molecule has 0 spiro atoms. The number of hydrogen-bond donors (Lipinski definition) is 2. The molecule has 0 radical (unpaired) electrons. The molecule has 1 heterocycles. The SMILES string of the molecule is COc1cccc(Nc2ccc(NC(=O)c3ccc(F)c(F)c3)cn2)c1. The Morgan fingerprint density at radius 1 is 1.00 bits per heavy atom. The fraction of sp³-hybridized carbons (Fsp3) is 0.0526. The number of rotatable bonds is 5. The van der Waals surface area contributed by atoms with Crippen molar-refractivity contribution in [3.63, 3.8) is 0 Å². The first-order valence-electron chi connectivity index (χ1n) is 7.69. The number of nitrogens with zero attached hydrogens (tertiary/aromatic N) is 1. The lowest BCUT2D eigenvalue weighted by atomic mass is 10.2. The molecule has 2 aromatic carbocycles. The monoisotopic (exact) mass is 355 g/mol. The zero-order valence-corrected chi connectivity index (χ0v) is 13.8. The Morgan fingerprint density at radius 3 is 2.54 bits per heavy atom. The molecule has 0 bridgehead atoms. The van der Waals surface area contributed by atoms with Crippen LogP contribution in [0.2, 0.25) is 0 Å². The molecule has 0 saturated carbocycles. The van der Waals surface area contributed by atoms with Gasteiger partial charge in [-0.2, -0.15) is 0 Å². The van der Waals surface area contributed by atoms with Crippen LogP contribution in [0.3, 0.4) is 0 Å². The molecule has 3 aromatic rings. The van der Waals surface area contributed by atoms with Crippen molar-refractivity contribution in [2.45, 2.75) is 0 Å². The fourth-order valence-corrected chi connectivity index (χ4v) is 2.23. The molecular weight excluding hydrogens is 340 g/mol. The summed E-state index contributed by atoms with van der Waals surface area (Å²) in [6.07, 6.45) is 1.46. The number of amides is 1. The third-order valence-electron chi connectivity index (χ3n) is 3.55. The number of hydrogen-bond acceptors (Lipinski definition) is 4. The second-order valence-electron chi connectivity index (χ2n) is 5.37. The van der Waals surface area contributed by atoms with E-state index >= 15 is 0 Å². The molecule has 0 atom stereocenters. The molecule has 0 aliphatic carbocycles. The van der Waals surface area contributed by atoms with Crippen LogP contribution >= 0.6 is 0 Å². The number of anilines is 3. The van der Waals surface area contributed by atoms with Crippen LogP contribution in [0, 0.1) is 11.6 Å². The summed E-state index contributed by atoms with van der Waals surface area (Å²) in [5.74, 6) is -1.35. The van der Waals surface area contributed by atoms with Crippen molar-refractivity contribution in [3.8, 4) is 5.75 Å². The van der Waals surface area contributed by atoms with Gasteiger partial charge in [-0.25, -0.2) is 13.8 Å². The topological polar surface area (TPSA) is 63.2 Å². The van der Waals surface area contributed by atoms with Crippen LogP contribution in [0.4, 0.5) is 26.0 Å². The molecule has 0 unspecified atom stereocenters. The maximum atomic E-state index is 13.2. The molecular formula is C19H15F2N3O2. The lowest BCUT2D eigenvalue weighted by molar-refractivity contribution is 0.102. The Balaban J connectivity index is 1.67. The van der Waals surface area contributed by atoms with Crippen LogP contribution in [-0.2, 0) is 0 Å². The van der Waals surface area contributed by atoms with Gasteiger partial charge in [0.15, 0.2) is 11.6 Å². The summed E-state index contributed by atoms with van der Waals surface area (Å²) in [5, 5.41) is 5.69. The predicted octanol–water partition coefficient (Wildman–Crippen LogP) is 4.36. The largest absolute Gasteiger partial charge is 0.497 e. The second kappa shape index (κ2) is 7.60. The van der Waals surface area contributed by atoms with Gasteiger partial charge in [0.05, 0.1) is 19.0 Å². The summed E-state index contributed by atoms with van der Waals surface area (Å²) >= 11 is 0. The molecule has 1 amide bonds. The maximum Gasteiger partial charge on any atom is 0.255 e. The van der Waals surface area contributed by atoms with Gasteiger partial charge in [0, 0.05) is 17.3 Å². The number of nitrogens with one attached hydrogen (secondary N) is 2. The molecule has 1 aromatic heterocycles. The third kappa shape index (κ3) is 4.13. The van der Waals surface area contributed by atoms with Gasteiger partial charge in [0.2, 0.25) is 0 Å². The number of ether oxygens (including phenoxy) is 1. The summed E-state index contributed by atoms with van der Waals surface area (Å²) in [6.45, 7) is 0. The van der Waals surface area contributed by atoms with Gasteiger partial charge >= 0.3 is 0 Å². The molecule has 3 rings (SSSR count). The minimum absolute atomic E-state index is 0.0162. The third-order valence-corrected chi connectivity index (χ3v) is 3.55. The van der Waals surface area contributed by atoms with E-state index in [9.17, 15) is 13.6 Å². The quantitative estimate of drug-likeness (QED) is 0.714. The van der Waals surface area contributed by atoms with Crippen molar-refractivity contribution in [3.05, 3.63) is 78.0 Å². The number of methoxy groups -OCH3 is 1. The van der Waals surface area contributed by atoms with E-state index in [1.54, 1.807) is 19.2 Å². The Kier molecular flexibility index (Phi) is 5.07. The van der Waals surface area contributed by atoms with Crippen LogP contribution < -0.4 is 15.4 Å². The zero-order chi connectivity index (χ0) is 18.5. The minimum Gasteiger partial charge on any atom is -0.497 e. The van der Waals surface area contributed by atoms with E-state index in [4.69, 9.17) is 4.74 Å². The number of halogens is 2. The van der Waals surface area contributed by atoms with E-state index in [0.29, 0.717) is 17.3 Å². The smallest absolute Gasteiger partial charge is 0.255 e. The van der Waals surface area contributed by atoms with Crippen molar-refractivity contribution in [1.82, 2.24) is 4.98 Å². The predicted molar refractivity (Wildman–Crippen MR) is 94.8 cm³/mol. The van der Waals surface area contributed by atoms with E-state index in [0.717, 1.165) is 17.8 Å². The summed E-state index contributed by atoms with van der Waals surface area (Å²) < 4.78 is 31.3. The van der Waals surface area contributed by atoms with Gasteiger partial charge in [0.25, 0.3) is 5.91 Å². The summed E-state index contributed by atoms with van der Waals surface area (Å²) in [6, 6.07) is 13.6. The first kappa shape index (κ1) is 17.3. The van der Waals surface area contributed by atoms with Crippen molar-refractivity contribution < 1.29 is 18.3 Å². The summed E-state index contributed by atoms with van der Waals surface area (Å²) in [4.78, 5) is 16.3. The van der Waals surface area contributed by atoms with E-state index < -0.39 is 17.5 Å². The lowest BCUT2D eigenvalue weighted by Crippen LogP contribution is -2.12. The van der Waals surface area contributed by atoms with Gasteiger partial charge in [-0.05, 0) is 42.5 Å².